The molecule has 0 fully saturated rings. The third-order valence-electron chi connectivity index (χ3n) is 4.06. The summed E-state index contributed by atoms with van der Waals surface area (Å²) in [6.45, 7) is 3.85. The normalized spacial score (nSPS) is 11.9. The van der Waals surface area contributed by atoms with Crippen LogP contribution >= 0.6 is 11.3 Å². The molecule has 0 aliphatic rings. The molecule has 1 amide bonds. The molecular weight excluding hydrogens is 425 g/mol. The first kappa shape index (κ1) is 22.8. The number of alkyl halides is 3. The molecule has 3 rings (SSSR count). The van der Waals surface area contributed by atoms with Crippen molar-refractivity contribution in [3.8, 4) is 0 Å². The molecule has 29 heavy (non-hydrogen) atoms. The maximum Gasteiger partial charge on any atom is 0.501 e. The number of carbonyl (C=O) groups is 1. The smallest absolute Gasteiger partial charge is 0.347 e. The Morgan fingerprint density at radius 3 is 2.34 bits per heavy atom. The molecule has 0 aliphatic heterocycles. The van der Waals surface area contributed by atoms with Crippen LogP contribution in [0.25, 0.3) is 10.2 Å². The van der Waals surface area contributed by atoms with Crippen molar-refractivity contribution in [2.75, 3.05) is 0 Å². The third-order valence-corrected chi connectivity index (χ3v) is 6.59. The van der Waals surface area contributed by atoms with Gasteiger partial charge in [0.2, 0.25) is 0 Å². The van der Waals surface area contributed by atoms with Crippen LogP contribution in [-0.4, -0.2) is 24.8 Å². The molecule has 3 aromatic rings. The van der Waals surface area contributed by atoms with Crippen LogP contribution in [0.2, 0.25) is 0 Å². The van der Waals surface area contributed by atoms with Gasteiger partial charge in [0.1, 0.15) is 4.83 Å². The van der Waals surface area contributed by atoms with E-state index >= 15 is 0 Å². The number of nitrogens with one attached hydrogen (secondary N) is 1. The highest BCUT2D eigenvalue weighted by Gasteiger charge is 2.46. The van der Waals surface area contributed by atoms with E-state index in [9.17, 15) is 26.4 Å². The van der Waals surface area contributed by atoms with Gasteiger partial charge in [0.15, 0.2) is 0 Å². The van der Waals surface area contributed by atoms with Crippen molar-refractivity contribution in [3.63, 3.8) is 0 Å². The zero-order chi connectivity index (χ0) is 20.7. The molecule has 0 radical (unpaired) electrons. The summed E-state index contributed by atoms with van der Waals surface area (Å²) in [6.07, 6.45) is 0. The highest BCUT2D eigenvalue weighted by Crippen LogP contribution is 2.30. The molecule has 0 aliphatic carbocycles. The van der Waals surface area contributed by atoms with E-state index in [0.29, 0.717) is 10.4 Å². The van der Waals surface area contributed by atoms with Crippen LogP contribution in [0.15, 0.2) is 41.3 Å². The molecule has 0 atom stereocenters. The number of thiophene rings is 1. The number of pyridine rings is 1. The van der Waals surface area contributed by atoms with Crippen LogP contribution in [0.3, 0.4) is 0 Å². The Kier molecular flexibility index (Phi) is 6.39. The lowest BCUT2D eigenvalue weighted by Gasteiger charge is -2.09. The summed E-state index contributed by atoms with van der Waals surface area (Å²) in [5.41, 5.74) is -3.01. The second-order valence-electron chi connectivity index (χ2n) is 6.19. The summed E-state index contributed by atoms with van der Waals surface area (Å²) in [6, 6.07) is 7.89. The number of halogens is 3. The molecule has 2 heterocycles. The van der Waals surface area contributed by atoms with Gasteiger partial charge >= 0.3 is 5.51 Å². The van der Waals surface area contributed by atoms with Gasteiger partial charge < -0.3 is 5.32 Å². The molecule has 5 nitrogen and oxygen atoms in total. The van der Waals surface area contributed by atoms with Gasteiger partial charge in [0.05, 0.1) is 9.77 Å². The second-order valence-corrected chi connectivity index (χ2v) is 9.16. The van der Waals surface area contributed by atoms with E-state index < -0.39 is 20.2 Å². The van der Waals surface area contributed by atoms with Gasteiger partial charge in [0.25, 0.3) is 15.7 Å². The lowest BCUT2D eigenvalue weighted by atomic mass is 10.2. The molecule has 10 heteroatoms. The Morgan fingerprint density at radius 1 is 1.14 bits per heavy atom. The van der Waals surface area contributed by atoms with Crippen LogP contribution < -0.4 is 5.32 Å². The molecule has 0 bridgehead atoms. The van der Waals surface area contributed by atoms with Gasteiger partial charge in [-0.05, 0) is 49.2 Å². The largest absolute Gasteiger partial charge is 0.501 e. The summed E-state index contributed by atoms with van der Waals surface area (Å²) in [5, 5.41) is 3.56. The van der Waals surface area contributed by atoms with E-state index in [1.807, 2.05) is 19.9 Å². The van der Waals surface area contributed by atoms with Crippen LogP contribution in [0.4, 0.5) is 13.2 Å². The number of benzene rings is 1. The van der Waals surface area contributed by atoms with Crippen molar-refractivity contribution >= 4 is 37.3 Å². The monoisotopic (exact) mass is 444 g/mol. The standard InChI is InChI=1S/C18H15F3N2O3S2.CH4/c1-10-7-11(2)23-17-14(10)8-15(27-17)16(24)22-9-12-3-5-13(6-4-12)28(25,26)18(19,20)21;/h3-8H,9H2,1-2H3,(H,22,24);1H4. The molecule has 1 N–H and O–H groups in total. The van der Waals surface area contributed by atoms with Gasteiger partial charge in [-0.3, -0.25) is 4.79 Å². The maximum absolute atomic E-state index is 12.6. The number of amides is 1. The van der Waals surface area contributed by atoms with E-state index in [1.165, 1.54) is 23.5 Å². The first-order chi connectivity index (χ1) is 13.0. The van der Waals surface area contributed by atoms with Crippen molar-refractivity contribution in [1.82, 2.24) is 10.3 Å². The minimum atomic E-state index is -5.38. The fourth-order valence-corrected chi connectivity index (χ4v) is 4.46. The molecule has 0 spiro atoms. The van der Waals surface area contributed by atoms with Gasteiger partial charge in [-0.15, -0.1) is 11.3 Å². The highest BCUT2D eigenvalue weighted by atomic mass is 32.2. The highest BCUT2D eigenvalue weighted by molar-refractivity contribution is 7.92. The number of hydrogen-bond donors (Lipinski definition) is 1. The quantitative estimate of drug-likeness (QED) is 0.629. The fourth-order valence-electron chi connectivity index (χ4n) is 2.63. The topological polar surface area (TPSA) is 76.1 Å². The van der Waals surface area contributed by atoms with Crippen LogP contribution in [-0.2, 0) is 16.4 Å². The Bertz CT molecular complexity index is 1150. The number of hydrogen-bond acceptors (Lipinski definition) is 5. The van der Waals surface area contributed by atoms with E-state index in [0.717, 1.165) is 33.6 Å². The zero-order valence-electron chi connectivity index (χ0n) is 14.8. The molecule has 1 aromatic carbocycles. The lowest BCUT2D eigenvalue weighted by Crippen LogP contribution is -2.23. The molecule has 0 unspecified atom stereocenters. The fraction of sp³-hybridized carbons (Fsp3) is 0.263. The number of rotatable bonds is 4. The SMILES string of the molecule is C.Cc1cc(C)c2cc(C(=O)NCc3ccc(S(=O)(=O)C(F)(F)F)cc3)sc2n1. The second kappa shape index (κ2) is 8.11. The number of aromatic nitrogens is 1. The number of nitrogens with zero attached hydrogens (tertiary/aromatic N) is 1. The van der Waals surface area contributed by atoms with Gasteiger partial charge in [-0.25, -0.2) is 13.4 Å². The number of sulfone groups is 1. The van der Waals surface area contributed by atoms with Crippen LogP contribution in [0, 0.1) is 13.8 Å². The Labute approximate surface area is 170 Å². The van der Waals surface area contributed by atoms with Crippen LogP contribution in [0.5, 0.6) is 0 Å². The van der Waals surface area contributed by atoms with E-state index in [1.54, 1.807) is 6.07 Å². The van der Waals surface area contributed by atoms with Gasteiger partial charge in [-0.2, -0.15) is 13.2 Å². The summed E-state index contributed by atoms with van der Waals surface area (Å²) >= 11 is 1.25. The average molecular weight is 445 g/mol. The van der Waals surface area contributed by atoms with E-state index in [4.69, 9.17) is 0 Å². The Balaban J connectivity index is 0.00000300. The van der Waals surface area contributed by atoms with E-state index in [2.05, 4.69) is 10.3 Å². The van der Waals surface area contributed by atoms with Gasteiger partial charge in [0, 0.05) is 17.6 Å². The van der Waals surface area contributed by atoms with E-state index in [-0.39, 0.29) is 19.9 Å². The predicted molar refractivity (Wildman–Crippen MR) is 107 cm³/mol. The van der Waals surface area contributed by atoms with Crippen molar-refractivity contribution in [2.24, 2.45) is 0 Å². The minimum absolute atomic E-state index is 0. The number of fused-ring (bicyclic) bond motifs is 1. The number of aryl methyl sites for hydroxylation is 2. The van der Waals surface area contributed by atoms with Crippen LogP contribution in [0.1, 0.15) is 33.9 Å². The third kappa shape index (κ3) is 4.59. The Morgan fingerprint density at radius 2 is 1.76 bits per heavy atom. The molecule has 0 saturated heterocycles. The zero-order valence-corrected chi connectivity index (χ0v) is 16.4. The maximum atomic E-state index is 12.6. The van der Waals surface area contributed by atoms with Crippen molar-refractivity contribution < 1.29 is 26.4 Å². The lowest BCUT2D eigenvalue weighted by molar-refractivity contribution is -0.0436. The molecular formula is C19H19F3N2O3S2. The minimum Gasteiger partial charge on any atom is -0.347 e. The molecule has 156 valence electrons. The van der Waals surface area contributed by atoms with Gasteiger partial charge in [-0.1, -0.05) is 19.6 Å². The van der Waals surface area contributed by atoms with Crippen molar-refractivity contribution in [2.45, 2.75) is 38.2 Å². The number of carbonyl (C=O) groups excluding carboxylic acids is 1. The first-order valence-corrected chi connectivity index (χ1v) is 10.4. The molecule has 2 aromatic heterocycles. The average Bonchev–Trinajstić information content (AvgIpc) is 3.03. The molecule has 0 saturated carbocycles. The summed E-state index contributed by atoms with van der Waals surface area (Å²) in [4.78, 5) is 17.2. The Hall–Kier alpha value is -2.46. The first-order valence-electron chi connectivity index (χ1n) is 8.05. The predicted octanol–water partition coefficient (Wildman–Crippen LogP) is 4.77. The summed E-state index contributed by atoms with van der Waals surface area (Å²) < 4.78 is 60.4. The summed E-state index contributed by atoms with van der Waals surface area (Å²) in [5.74, 6) is -0.341. The summed E-state index contributed by atoms with van der Waals surface area (Å²) in [7, 11) is -5.38. The van der Waals surface area contributed by atoms with Crippen molar-refractivity contribution in [3.05, 3.63) is 58.1 Å². The van der Waals surface area contributed by atoms with Crippen molar-refractivity contribution in [1.29, 1.82) is 0 Å².